The van der Waals surface area contributed by atoms with Crippen LogP contribution in [0.4, 0.5) is 0 Å². The molecule has 19 heavy (non-hydrogen) atoms. The van der Waals surface area contributed by atoms with E-state index in [1.54, 1.807) is 13.0 Å². The number of hydrogen-bond donors (Lipinski definition) is 2. The molecule has 1 aromatic carbocycles. The number of H-pyrrole nitrogens is 1. The Labute approximate surface area is 109 Å². The maximum absolute atomic E-state index is 11.0. The van der Waals surface area contributed by atoms with Crippen LogP contribution < -0.4 is 9.47 Å². The average molecular weight is 259 g/mol. The molecule has 1 aliphatic heterocycles. The van der Waals surface area contributed by atoms with Gasteiger partial charge in [-0.1, -0.05) is 0 Å². The Morgan fingerprint density at radius 1 is 1.21 bits per heavy atom. The number of carboxylic acids is 1. The summed E-state index contributed by atoms with van der Waals surface area (Å²) >= 11 is 0. The second kappa shape index (κ2) is 4.35. The van der Waals surface area contributed by atoms with Crippen LogP contribution in [0.2, 0.25) is 0 Å². The fourth-order valence-electron chi connectivity index (χ4n) is 2.15. The first-order valence-corrected chi connectivity index (χ1v) is 5.98. The Balaban J connectivity index is 2.02. The lowest BCUT2D eigenvalue weighted by Gasteiger charge is -2.18. The van der Waals surface area contributed by atoms with Crippen LogP contribution in [0, 0.1) is 6.92 Å². The summed E-state index contributed by atoms with van der Waals surface area (Å²) in [7, 11) is 0. The van der Waals surface area contributed by atoms with Gasteiger partial charge in [0.2, 0.25) is 0 Å². The van der Waals surface area contributed by atoms with E-state index < -0.39 is 5.97 Å². The SMILES string of the molecule is Cc1[nH]c(-c2ccc3c(c2)OCCO3)cc1C(=O)O. The molecule has 0 bridgehead atoms. The van der Waals surface area contributed by atoms with Gasteiger partial charge < -0.3 is 19.6 Å². The number of hydrogen-bond acceptors (Lipinski definition) is 3. The number of carboxylic acid groups (broad SMARTS) is 1. The van der Waals surface area contributed by atoms with Crippen molar-refractivity contribution < 1.29 is 19.4 Å². The largest absolute Gasteiger partial charge is 0.486 e. The van der Waals surface area contributed by atoms with Crippen molar-refractivity contribution in [2.24, 2.45) is 0 Å². The summed E-state index contributed by atoms with van der Waals surface area (Å²) in [4.78, 5) is 14.1. The quantitative estimate of drug-likeness (QED) is 0.869. The summed E-state index contributed by atoms with van der Waals surface area (Å²) in [5.41, 5.74) is 2.55. The van der Waals surface area contributed by atoms with E-state index in [0.29, 0.717) is 24.7 Å². The predicted molar refractivity (Wildman–Crippen MR) is 68.9 cm³/mol. The average Bonchev–Trinajstić information content (AvgIpc) is 2.80. The fourth-order valence-corrected chi connectivity index (χ4v) is 2.15. The Morgan fingerprint density at radius 3 is 2.63 bits per heavy atom. The lowest BCUT2D eigenvalue weighted by Crippen LogP contribution is -2.15. The summed E-state index contributed by atoms with van der Waals surface area (Å²) in [5.74, 6) is 0.474. The molecular weight excluding hydrogens is 246 g/mol. The summed E-state index contributed by atoms with van der Waals surface area (Å²) in [6, 6.07) is 7.19. The van der Waals surface area contributed by atoms with Crippen LogP contribution in [0.15, 0.2) is 24.3 Å². The maximum Gasteiger partial charge on any atom is 0.337 e. The first-order valence-electron chi connectivity index (χ1n) is 5.98. The van der Waals surface area contributed by atoms with Crippen molar-refractivity contribution >= 4 is 5.97 Å². The molecule has 2 aromatic rings. The van der Waals surface area contributed by atoms with Crippen LogP contribution in [0.3, 0.4) is 0 Å². The van der Waals surface area contributed by atoms with Gasteiger partial charge in [0.15, 0.2) is 11.5 Å². The van der Waals surface area contributed by atoms with Crippen molar-refractivity contribution in [2.45, 2.75) is 6.92 Å². The van der Waals surface area contributed by atoms with E-state index in [1.165, 1.54) is 0 Å². The molecular formula is C14H13NO4. The third-order valence-electron chi connectivity index (χ3n) is 3.10. The van der Waals surface area contributed by atoms with Crippen molar-refractivity contribution in [3.8, 4) is 22.8 Å². The zero-order valence-corrected chi connectivity index (χ0v) is 10.4. The molecule has 0 amide bonds. The Hall–Kier alpha value is -2.43. The zero-order valence-electron chi connectivity index (χ0n) is 10.4. The monoisotopic (exact) mass is 259 g/mol. The number of aromatic carboxylic acids is 1. The molecule has 0 unspecified atom stereocenters. The number of benzene rings is 1. The number of aromatic amines is 1. The third-order valence-corrected chi connectivity index (χ3v) is 3.10. The Kier molecular flexibility index (Phi) is 2.67. The lowest BCUT2D eigenvalue weighted by atomic mass is 10.1. The molecule has 2 N–H and O–H groups in total. The number of carbonyl (C=O) groups is 1. The van der Waals surface area contributed by atoms with E-state index in [1.807, 2.05) is 18.2 Å². The highest BCUT2D eigenvalue weighted by molar-refractivity contribution is 5.91. The van der Waals surface area contributed by atoms with Crippen LogP contribution in [0.1, 0.15) is 16.1 Å². The molecule has 3 rings (SSSR count). The van der Waals surface area contributed by atoms with Gasteiger partial charge in [-0.15, -0.1) is 0 Å². The number of rotatable bonds is 2. The van der Waals surface area contributed by atoms with E-state index >= 15 is 0 Å². The highest BCUT2D eigenvalue weighted by Gasteiger charge is 2.15. The van der Waals surface area contributed by atoms with Gasteiger partial charge in [0.1, 0.15) is 13.2 Å². The van der Waals surface area contributed by atoms with Crippen LogP contribution in [-0.4, -0.2) is 29.3 Å². The van der Waals surface area contributed by atoms with Gasteiger partial charge in [0.25, 0.3) is 0 Å². The predicted octanol–water partition coefficient (Wildman–Crippen LogP) is 2.46. The molecule has 5 heteroatoms. The highest BCUT2D eigenvalue weighted by atomic mass is 16.6. The van der Waals surface area contributed by atoms with Gasteiger partial charge in [0.05, 0.1) is 5.56 Å². The Morgan fingerprint density at radius 2 is 1.95 bits per heavy atom. The normalized spacial score (nSPS) is 13.3. The molecule has 98 valence electrons. The van der Waals surface area contributed by atoms with E-state index in [-0.39, 0.29) is 5.56 Å². The van der Waals surface area contributed by atoms with E-state index in [0.717, 1.165) is 17.0 Å². The molecule has 0 atom stereocenters. The van der Waals surface area contributed by atoms with Crippen molar-refractivity contribution in [1.29, 1.82) is 0 Å². The van der Waals surface area contributed by atoms with Gasteiger partial charge in [-0.25, -0.2) is 4.79 Å². The van der Waals surface area contributed by atoms with Crippen LogP contribution >= 0.6 is 0 Å². The van der Waals surface area contributed by atoms with Gasteiger partial charge in [-0.3, -0.25) is 0 Å². The summed E-state index contributed by atoms with van der Waals surface area (Å²) in [5, 5.41) is 9.05. The topological polar surface area (TPSA) is 71.5 Å². The lowest BCUT2D eigenvalue weighted by molar-refractivity contribution is 0.0696. The van der Waals surface area contributed by atoms with E-state index in [9.17, 15) is 4.79 Å². The standard InChI is InChI=1S/C14H13NO4/c1-8-10(14(16)17)7-11(15-8)9-2-3-12-13(6-9)19-5-4-18-12/h2-3,6-7,15H,4-5H2,1H3,(H,16,17). The fraction of sp³-hybridized carbons (Fsp3) is 0.214. The van der Waals surface area contributed by atoms with Crippen molar-refractivity contribution in [2.75, 3.05) is 13.2 Å². The van der Waals surface area contributed by atoms with Gasteiger partial charge in [-0.2, -0.15) is 0 Å². The molecule has 0 radical (unpaired) electrons. The molecule has 2 heterocycles. The smallest absolute Gasteiger partial charge is 0.337 e. The molecule has 5 nitrogen and oxygen atoms in total. The maximum atomic E-state index is 11.0. The van der Waals surface area contributed by atoms with Crippen LogP contribution in [0.5, 0.6) is 11.5 Å². The van der Waals surface area contributed by atoms with E-state index in [2.05, 4.69) is 4.98 Å². The first kappa shape index (κ1) is 11.6. The summed E-state index contributed by atoms with van der Waals surface area (Å²) in [6.45, 7) is 2.82. The van der Waals surface area contributed by atoms with Crippen molar-refractivity contribution in [3.05, 3.63) is 35.5 Å². The minimum Gasteiger partial charge on any atom is -0.486 e. The highest BCUT2D eigenvalue weighted by Crippen LogP contribution is 2.34. The number of ether oxygens (including phenoxy) is 2. The van der Waals surface area contributed by atoms with Crippen molar-refractivity contribution in [1.82, 2.24) is 4.98 Å². The van der Waals surface area contributed by atoms with Crippen LogP contribution in [-0.2, 0) is 0 Å². The third kappa shape index (κ3) is 2.03. The van der Waals surface area contributed by atoms with E-state index in [4.69, 9.17) is 14.6 Å². The number of fused-ring (bicyclic) bond motifs is 1. The molecule has 0 saturated heterocycles. The second-order valence-electron chi connectivity index (χ2n) is 4.39. The Bertz CT molecular complexity index is 645. The zero-order chi connectivity index (χ0) is 13.4. The molecule has 0 saturated carbocycles. The minimum atomic E-state index is -0.933. The van der Waals surface area contributed by atoms with Gasteiger partial charge >= 0.3 is 5.97 Å². The molecule has 0 spiro atoms. The molecule has 0 fully saturated rings. The number of nitrogens with one attached hydrogen (secondary N) is 1. The molecule has 0 aliphatic carbocycles. The second-order valence-corrected chi connectivity index (χ2v) is 4.39. The molecule has 1 aromatic heterocycles. The minimum absolute atomic E-state index is 0.282. The number of aryl methyl sites for hydroxylation is 1. The molecule has 1 aliphatic rings. The van der Waals surface area contributed by atoms with Gasteiger partial charge in [-0.05, 0) is 31.2 Å². The first-order chi connectivity index (χ1) is 9.15. The van der Waals surface area contributed by atoms with Gasteiger partial charge in [0, 0.05) is 17.0 Å². The summed E-state index contributed by atoms with van der Waals surface area (Å²) < 4.78 is 11.0. The van der Waals surface area contributed by atoms with Crippen LogP contribution in [0.25, 0.3) is 11.3 Å². The number of aromatic nitrogens is 1. The van der Waals surface area contributed by atoms with Crippen molar-refractivity contribution in [3.63, 3.8) is 0 Å². The summed E-state index contributed by atoms with van der Waals surface area (Å²) in [6.07, 6.45) is 0.